The SMILES string of the molecule is Fc1cc2nc3ccc4ccccc4c3nc2cc1F. The van der Waals surface area contributed by atoms with Crippen LogP contribution in [0.2, 0.25) is 0 Å². The molecule has 3 aromatic carbocycles. The molecular formula is C16H8F2N2. The molecule has 0 atom stereocenters. The molecule has 0 N–H and O–H groups in total. The molecule has 0 aliphatic carbocycles. The van der Waals surface area contributed by atoms with Gasteiger partial charge in [0.05, 0.1) is 22.1 Å². The third-order valence-corrected chi connectivity index (χ3v) is 3.37. The van der Waals surface area contributed by atoms with E-state index in [0.717, 1.165) is 22.9 Å². The first-order valence-electron chi connectivity index (χ1n) is 6.17. The van der Waals surface area contributed by atoms with E-state index in [1.54, 1.807) is 0 Å². The zero-order valence-corrected chi connectivity index (χ0v) is 10.3. The Morgan fingerprint density at radius 3 is 2.20 bits per heavy atom. The molecule has 0 unspecified atom stereocenters. The zero-order valence-electron chi connectivity index (χ0n) is 10.3. The Morgan fingerprint density at radius 2 is 1.40 bits per heavy atom. The first-order chi connectivity index (χ1) is 9.72. The summed E-state index contributed by atoms with van der Waals surface area (Å²) in [6.07, 6.45) is 0. The molecule has 0 aliphatic rings. The summed E-state index contributed by atoms with van der Waals surface area (Å²) in [5.74, 6) is -1.82. The van der Waals surface area contributed by atoms with Crippen molar-refractivity contribution in [3.63, 3.8) is 0 Å². The van der Waals surface area contributed by atoms with Crippen molar-refractivity contribution < 1.29 is 8.78 Å². The second-order valence-electron chi connectivity index (χ2n) is 4.63. The van der Waals surface area contributed by atoms with Gasteiger partial charge in [-0.3, -0.25) is 0 Å². The molecule has 0 fully saturated rings. The van der Waals surface area contributed by atoms with E-state index in [4.69, 9.17) is 0 Å². The van der Waals surface area contributed by atoms with E-state index in [0.29, 0.717) is 22.1 Å². The Labute approximate surface area is 112 Å². The summed E-state index contributed by atoms with van der Waals surface area (Å²) in [4.78, 5) is 8.80. The predicted molar refractivity (Wildman–Crippen MR) is 74.5 cm³/mol. The van der Waals surface area contributed by atoms with Crippen LogP contribution in [0, 0.1) is 11.6 Å². The van der Waals surface area contributed by atoms with Crippen molar-refractivity contribution >= 4 is 32.8 Å². The average molecular weight is 266 g/mol. The highest BCUT2D eigenvalue weighted by Gasteiger charge is 2.09. The van der Waals surface area contributed by atoms with Crippen molar-refractivity contribution in [2.75, 3.05) is 0 Å². The fraction of sp³-hybridized carbons (Fsp3) is 0. The number of rotatable bonds is 0. The van der Waals surface area contributed by atoms with Crippen molar-refractivity contribution in [3.8, 4) is 0 Å². The van der Waals surface area contributed by atoms with E-state index in [-0.39, 0.29) is 0 Å². The highest BCUT2D eigenvalue weighted by Crippen LogP contribution is 2.25. The van der Waals surface area contributed by atoms with Crippen LogP contribution in [0.15, 0.2) is 48.5 Å². The lowest BCUT2D eigenvalue weighted by Crippen LogP contribution is -1.92. The van der Waals surface area contributed by atoms with E-state index in [9.17, 15) is 8.78 Å². The minimum absolute atomic E-state index is 0.353. The van der Waals surface area contributed by atoms with Gasteiger partial charge in [-0.2, -0.15) is 0 Å². The number of hydrogen-bond donors (Lipinski definition) is 0. The zero-order chi connectivity index (χ0) is 13.7. The molecule has 4 heteroatoms. The maximum atomic E-state index is 13.3. The molecule has 0 bridgehead atoms. The molecule has 96 valence electrons. The number of fused-ring (bicyclic) bond motifs is 4. The van der Waals surface area contributed by atoms with Crippen molar-refractivity contribution in [1.82, 2.24) is 9.97 Å². The van der Waals surface area contributed by atoms with Gasteiger partial charge in [0.15, 0.2) is 11.6 Å². The molecule has 0 aliphatic heterocycles. The van der Waals surface area contributed by atoms with Gasteiger partial charge in [0.2, 0.25) is 0 Å². The topological polar surface area (TPSA) is 25.8 Å². The van der Waals surface area contributed by atoms with Gasteiger partial charge in [-0.25, -0.2) is 18.7 Å². The smallest absolute Gasteiger partial charge is 0.161 e. The minimum atomic E-state index is -0.911. The first kappa shape index (κ1) is 11.2. The summed E-state index contributed by atoms with van der Waals surface area (Å²) in [5, 5.41) is 1.99. The van der Waals surface area contributed by atoms with Crippen LogP contribution in [0.1, 0.15) is 0 Å². The second kappa shape index (κ2) is 3.93. The number of halogens is 2. The molecule has 2 nitrogen and oxygen atoms in total. The van der Waals surface area contributed by atoms with Crippen molar-refractivity contribution in [2.45, 2.75) is 0 Å². The van der Waals surface area contributed by atoms with E-state index in [1.165, 1.54) is 0 Å². The van der Waals surface area contributed by atoms with Gasteiger partial charge >= 0.3 is 0 Å². The Kier molecular flexibility index (Phi) is 2.21. The van der Waals surface area contributed by atoms with Gasteiger partial charge in [-0.1, -0.05) is 30.3 Å². The van der Waals surface area contributed by atoms with Crippen LogP contribution < -0.4 is 0 Å². The molecule has 1 heterocycles. The Morgan fingerprint density at radius 1 is 0.700 bits per heavy atom. The molecule has 0 radical (unpaired) electrons. The van der Waals surface area contributed by atoms with Gasteiger partial charge in [0, 0.05) is 17.5 Å². The maximum Gasteiger partial charge on any atom is 0.161 e. The summed E-state index contributed by atoms with van der Waals surface area (Å²) in [7, 11) is 0. The van der Waals surface area contributed by atoms with Gasteiger partial charge in [-0.05, 0) is 11.5 Å². The number of aromatic nitrogens is 2. The lowest BCUT2D eigenvalue weighted by Gasteiger charge is -2.05. The van der Waals surface area contributed by atoms with Crippen molar-refractivity contribution in [2.24, 2.45) is 0 Å². The number of hydrogen-bond acceptors (Lipinski definition) is 2. The molecule has 1 aromatic heterocycles. The molecule has 20 heavy (non-hydrogen) atoms. The third kappa shape index (κ3) is 1.54. The van der Waals surface area contributed by atoms with Crippen LogP contribution >= 0.6 is 0 Å². The maximum absolute atomic E-state index is 13.3. The summed E-state index contributed by atoms with van der Waals surface area (Å²) in [6, 6.07) is 13.7. The predicted octanol–water partition coefficient (Wildman–Crippen LogP) is 4.21. The van der Waals surface area contributed by atoms with Crippen molar-refractivity contribution in [3.05, 3.63) is 60.2 Å². The Hall–Kier alpha value is -2.62. The molecule has 0 amide bonds. The molecular weight excluding hydrogens is 258 g/mol. The van der Waals surface area contributed by atoms with Gasteiger partial charge < -0.3 is 0 Å². The number of benzene rings is 3. The largest absolute Gasteiger partial charge is 0.244 e. The van der Waals surface area contributed by atoms with Gasteiger partial charge in [0.1, 0.15) is 0 Å². The molecule has 4 aromatic rings. The van der Waals surface area contributed by atoms with E-state index in [1.807, 2.05) is 36.4 Å². The van der Waals surface area contributed by atoms with E-state index < -0.39 is 11.6 Å². The van der Waals surface area contributed by atoms with Crippen molar-refractivity contribution in [1.29, 1.82) is 0 Å². The van der Waals surface area contributed by atoms with Gasteiger partial charge in [-0.15, -0.1) is 0 Å². The summed E-state index contributed by atoms with van der Waals surface area (Å²) in [6.45, 7) is 0. The summed E-state index contributed by atoms with van der Waals surface area (Å²) in [5.41, 5.74) is 2.07. The van der Waals surface area contributed by atoms with Crippen LogP contribution in [0.5, 0.6) is 0 Å². The highest BCUT2D eigenvalue weighted by molar-refractivity contribution is 6.05. The van der Waals surface area contributed by atoms with Gasteiger partial charge in [0.25, 0.3) is 0 Å². The number of nitrogens with zero attached hydrogens (tertiary/aromatic N) is 2. The minimum Gasteiger partial charge on any atom is -0.244 e. The van der Waals surface area contributed by atoms with Crippen LogP contribution in [-0.2, 0) is 0 Å². The molecule has 0 spiro atoms. The van der Waals surface area contributed by atoms with Crippen LogP contribution in [-0.4, -0.2) is 9.97 Å². The fourth-order valence-electron chi connectivity index (χ4n) is 2.41. The van der Waals surface area contributed by atoms with Crippen LogP contribution in [0.3, 0.4) is 0 Å². The molecule has 0 saturated carbocycles. The lowest BCUT2D eigenvalue weighted by atomic mass is 10.1. The first-order valence-corrected chi connectivity index (χ1v) is 6.17. The molecule has 0 saturated heterocycles. The van der Waals surface area contributed by atoms with E-state index in [2.05, 4.69) is 9.97 Å². The Bertz CT molecular complexity index is 980. The summed E-state index contributed by atoms with van der Waals surface area (Å²) >= 11 is 0. The Balaban J connectivity index is 2.21. The lowest BCUT2D eigenvalue weighted by molar-refractivity contribution is 0.510. The standard InChI is InChI=1S/C16H8F2N2/c17-11-7-14-15(8-12(11)18)20-16-10-4-2-1-3-9(10)5-6-13(16)19-14/h1-8H. The highest BCUT2D eigenvalue weighted by atomic mass is 19.2. The summed E-state index contributed by atoms with van der Waals surface area (Å²) < 4.78 is 26.6. The van der Waals surface area contributed by atoms with Crippen LogP contribution in [0.4, 0.5) is 8.78 Å². The second-order valence-corrected chi connectivity index (χ2v) is 4.63. The van der Waals surface area contributed by atoms with E-state index >= 15 is 0 Å². The normalized spacial score (nSPS) is 11.5. The monoisotopic (exact) mass is 266 g/mol. The fourth-order valence-corrected chi connectivity index (χ4v) is 2.41. The quantitative estimate of drug-likeness (QED) is 0.352. The third-order valence-electron chi connectivity index (χ3n) is 3.37. The molecule has 4 rings (SSSR count). The van der Waals surface area contributed by atoms with Crippen LogP contribution in [0.25, 0.3) is 32.8 Å². The average Bonchev–Trinajstić information content (AvgIpc) is 2.47.